The van der Waals surface area contributed by atoms with Crippen LogP contribution in [0.2, 0.25) is 0 Å². The van der Waals surface area contributed by atoms with Crippen LogP contribution in [0.3, 0.4) is 0 Å². The van der Waals surface area contributed by atoms with Crippen LogP contribution in [0.5, 0.6) is 0 Å². The maximum absolute atomic E-state index is 9.76. The molecular formula is H3AlLiO3P. The molecule has 0 heterocycles. The second-order valence-corrected chi connectivity index (χ2v) is 7.31. The van der Waals surface area contributed by atoms with Crippen molar-refractivity contribution in [2.24, 2.45) is 0 Å². The molecule has 0 aliphatic rings. The van der Waals surface area contributed by atoms with Gasteiger partial charge in [0, 0.05) is 0 Å². The minimum atomic E-state index is -3.51. The Morgan fingerprint density at radius 2 is 1.83 bits per heavy atom. The van der Waals surface area contributed by atoms with Gasteiger partial charge in [-0.2, -0.15) is 0 Å². The third-order valence-electron chi connectivity index (χ3n) is 0.412. The Morgan fingerprint density at radius 3 is 1.83 bits per heavy atom. The zero-order valence-electron chi connectivity index (χ0n) is 3.46. The van der Waals surface area contributed by atoms with Gasteiger partial charge in [-0.3, -0.25) is 0 Å². The monoisotopic (exact) mass is 116 g/mol. The van der Waals surface area contributed by atoms with Crippen molar-refractivity contribution in [3.8, 4) is 0 Å². The van der Waals surface area contributed by atoms with E-state index >= 15 is 0 Å². The molecule has 6 heteroatoms. The fourth-order valence-electron chi connectivity index (χ4n) is 0. The normalized spacial score (nSPS) is 11.3. The third-order valence-corrected chi connectivity index (χ3v) is 3.71. The van der Waals surface area contributed by atoms with Crippen molar-refractivity contribution in [3.63, 3.8) is 0 Å². The van der Waals surface area contributed by atoms with E-state index in [9.17, 15) is 4.57 Å². The Labute approximate surface area is 49.1 Å². The van der Waals surface area contributed by atoms with Gasteiger partial charge >= 0.3 is 48.9 Å². The van der Waals surface area contributed by atoms with E-state index < -0.39 is 18.8 Å². The summed E-state index contributed by atoms with van der Waals surface area (Å²) in [7, 11) is 0. The molecule has 0 aromatic heterocycles. The summed E-state index contributed by atoms with van der Waals surface area (Å²) in [6.07, 6.45) is -3.51. The van der Waals surface area contributed by atoms with Crippen molar-refractivity contribution in [2.75, 3.05) is 0 Å². The Hall–Kier alpha value is 1.28. The topological polar surface area (TPSA) is 57.5 Å². The van der Waals surface area contributed by atoms with Gasteiger partial charge < -0.3 is 0 Å². The molecule has 0 rings (SSSR count). The fourth-order valence-corrected chi connectivity index (χ4v) is 0. The minimum absolute atomic E-state index is 1.08. The van der Waals surface area contributed by atoms with Gasteiger partial charge in [0.2, 0.25) is 0 Å². The fraction of sp³-hybridized carbons (Fsp3) is 0. The summed E-state index contributed by atoms with van der Waals surface area (Å²) < 4.78 is 9.76. The Kier molecular flexibility index (Phi) is 3.10. The first-order valence-corrected chi connectivity index (χ1v) is 6.72. The number of rotatable bonds is 1. The first-order valence-electron chi connectivity index (χ1n) is 1.61. The van der Waals surface area contributed by atoms with E-state index in [1.54, 1.807) is 15.7 Å². The van der Waals surface area contributed by atoms with Gasteiger partial charge in [-0.25, -0.2) is 0 Å². The first-order chi connectivity index (χ1) is 2.56. The zero-order valence-corrected chi connectivity index (χ0v) is 5.77. The molecule has 0 radical (unpaired) electrons. The van der Waals surface area contributed by atoms with Gasteiger partial charge in [0.05, 0.1) is 0 Å². The third kappa shape index (κ3) is 5.28. The molecule has 0 aliphatic heterocycles. The summed E-state index contributed by atoms with van der Waals surface area (Å²) >= 11 is 0.503. The van der Waals surface area contributed by atoms with Crippen LogP contribution in [0.15, 0.2) is 0 Å². The van der Waals surface area contributed by atoms with E-state index in [0.29, 0.717) is 0 Å². The van der Waals surface area contributed by atoms with Crippen LogP contribution in [0, 0.1) is 0 Å². The molecule has 30 valence electrons. The van der Waals surface area contributed by atoms with E-state index in [4.69, 9.17) is 9.79 Å². The molecule has 0 saturated carbocycles. The Balaban J connectivity index is 3.48. The van der Waals surface area contributed by atoms with Crippen LogP contribution < -0.4 is 0 Å². The predicted molar refractivity (Wildman–Crippen MR) is 24.9 cm³/mol. The second-order valence-electron chi connectivity index (χ2n) is 0.981. The Morgan fingerprint density at radius 1 is 1.67 bits per heavy atom. The van der Waals surface area contributed by atoms with Gasteiger partial charge in [-0.15, -0.1) is 0 Å². The molecule has 2 N–H and O–H groups in total. The van der Waals surface area contributed by atoms with Crippen molar-refractivity contribution in [1.29, 1.82) is 0 Å². The maximum atomic E-state index is 9.76. The summed E-state index contributed by atoms with van der Waals surface area (Å²) in [4.78, 5) is 16.0. The summed E-state index contributed by atoms with van der Waals surface area (Å²) in [5, 5.41) is 0. The second kappa shape index (κ2) is 2.55. The molecule has 0 atom stereocenters. The van der Waals surface area contributed by atoms with Crippen molar-refractivity contribution in [1.82, 2.24) is 0 Å². The van der Waals surface area contributed by atoms with Crippen molar-refractivity contribution in [2.45, 2.75) is 0 Å². The van der Waals surface area contributed by atoms with Gasteiger partial charge in [-0.05, 0) is 0 Å². The Bertz CT molecular complexity index is 74.9. The molecule has 0 unspecified atom stereocenters. The molecule has 0 fully saturated rings. The van der Waals surface area contributed by atoms with Crippen LogP contribution in [-0.4, -0.2) is 38.1 Å². The SMILES string of the molecule is [Li][AlH][P](=O)(O)O. The van der Waals surface area contributed by atoms with Crippen LogP contribution in [-0.2, 0) is 4.57 Å². The summed E-state index contributed by atoms with van der Waals surface area (Å²) in [5.41, 5.74) is 0. The molecule has 0 aromatic carbocycles. The first kappa shape index (κ1) is 7.28. The molecule has 0 saturated heterocycles. The molecule has 0 aromatic rings. The zero-order chi connectivity index (χ0) is 5.21. The van der Waals surface area contributed by atoms with Crippen molar-refractivity contribution < 1.29 is 14.4 Å². The summed E-state index contributed by atoms with van der Waals surface area (Å²) in [5.74, 6) is 0. The van der Waals surface area contributed by atoms with Crippen LogP contribution in [0.25, 0.3) is 0 Å². The predicted octanol–water partition coefficient (Wildman–Crippen LogP) is -1.40. The molecule has 6 heavy (non-hydrogen) atoms. The van der Waals surface area contributed by atoms with E-state index in [1.165, 1.54) is 0 Å². The molecule has 0 aliphatic carbocycles. The number of hydrogen-bond acceptors (Lipinski definition) is 1. The standard InChI is InChI=1S/Al.Li.HO3P.H/c;;1-4(2)3;/h;;(H-,1,2,3);/q-1;;;/p+1. The van der Waals surface area contributed by atoms with Crippen LogP contribution in [0.1, 0.15) is 0 Å². The summed E-state index contributed by atoms with van der Waals surface area (Å²) in [6.45, 7) is 0. The number of hydrogen-bond donors (Lipinski definition) is 2. The van der Waals surface area contributed by atoms with Gasteiger partial charge in [0.25, 0.3) is 0 Å². The molecule has 0 spiro atoms. The summed E-state index contributed by atoms with van der Waals surface area (Å²) in [6, 6.07) is 0. The molecular weight excluding hydrogens is 113 g/mol. The van der Waals surface area contributed by atoms with E-state index in [1.807, 2.05) is 0 Å². The van der Waals surface area contributed by atoms with Gasteiger partial charge in [0.1, 0.15) is 0 Å². The van der Waals surface area contributed by atoms with Crippen LogP contribution in [0.4, 0.5) is 0 Å². The van der Waals surface area contributed by atoms with Gasteiger partial charge in [-0.1, -0.05) is 0 Å². The quantitative estimate of drug-likeness (QED) is 0.327. The molecule has 3 nitrogen and oxygen atoms in total. The van der Waals surface area contributed by atoms with Crippen LogP contribution >= 0.6 is 6.24 Å². The average Bonchev–Trinajstić information content (AvgIpc) is 1.35. The average molecular weight is 116 g/mol. The van der Waals surface area contributed by atoms with E-state index in [0.717, 1.165) is 0 Å². The van der Waals surface area contributed by atoms with E-state index in [-0.39, 0.29) is 0 Å². The molecule has 0 bridgehead atoms. The van der Waals surface area contributed by atoms with Crippen molar-refractivity contribution >= 4 is 34.5 Å². The van der Waals surface area contributed by atoms with Crippen molar-refractivity contribution in [3.05, 3.63) is 0 Å². The molecule has 0 amide bonds. The van der Waals surface area contributed by atoms with E-state index in [2.05, 4.69) is 0 Å². The van der Waals surface area contributed by atoms with Gasteiger partial charge in [0.15, 0.2) is 0 Å².